The highest BCUT2D eigenvalue weighted by Gasteiger charge is 2.03. The number of aliphatic hydroxyl groups is 1. The maximum absolute atomic E-state index is 9.02. The largest absolute Gasteiger partial charge is 0.393 e. The minimum atomic E-state index is -0.177. The van der Waals surface area contributed by atoms with E-state index >= 15 is 0 Å². The normalized spacial score (nSPS) is 16.0. The van der Waals surface area contributed by atoms with E-state index in [9.17, 15) is 0 Å². The van der Waals surface area contributed by atoms with Crippen molar-refractivity contribution in [3.05, 3.63) is 0 Å². The lowest BCUT2D eigenvalue weighted by Crippen LogP contribution is -2.32. The Morgan fingerprint density at radius 1 is 1.50 bits per heavy atom. The van der Waals surface area contributed by atoms with E-state index < -0.39 is 0 Å². The molecule has 0 aliphatic rings. The van der Waals surface area contributed by atoms with E-state index in [1.807, 2.05) is 18.7 Å². The van der Waals surface area contributed by atoms with Crippen molar-refractivity contribution < 1.29 is 5.11 Å². The summed E-state index contributed by atoms with van der Waals surface area (Å²) in [7, 11) is 0. The molecule has 2 unspecified atom stereocenters. The molecule has 0 spiro atoms. The monoisotopic (exact) mass is 191 g/mol. The number of nitrogens with one attached hydrogen (secondary N) is 1. The molecule has 2 N–H and O–H groups in total. The summed E-state index contributed by atoms with van der Waals surface area (Å²) in [5.41, 5.74) is 0. The molecule has 0 saturated heterocycles. The Kier molecular flexibility index (Phi) is 8.07. The van der Waals surface area contributed by atoms with Crippen LogP contribution >= 0.6 is 11.8 Å². The summed E-state index contributed by atoms with van der Waals surface area (Å²) in [6.07, 6.45) is 3.97. The highest BCUT2D eigenvalue weighted by Crippen LogP contribution is 2.01. The predicted octanol–water partition coefficient (Wildman–Crippen LogP) is 1.49. The molecule has 3 heteroatoms. The minimum absolute atomic E-state index is 0.177. The minimum Gasteiger partial charge on any atom is -0.393 e. The number of hydrogen-bond acceptors (Lipinski definition) is 3. The van der Waals surface area contributed by atoms with Crippen LogP contribution in [-0.2, 0) is 0 Å². The van der Waals surface area contributed by atoms with Crippen molar-refractivity contribution in [1.82, 2.24) is 5.32 Å². The van der Waals surface area contributed by atoms with Crippen LogP contribution in [0.2, 0.25) is 0 Å². The summed E-state index contributed by atoms with van der Waals surface area (Å²) < 4.78 is 0. The molecule has 0 aliphatic heterocycles. The van der Waals surface area contributed by atoms with Gasteiger partial charge in [0.05, 0.1) is 6.10 Å². The van der Waals surface area contributed by atoms with Crippen LogP contribution in [0.4, 0.5) is 0 Å². The summed E-state index contributed by atoms with van der Waals surface area (Å²) in [5, 5.41) is 12.4. The molecule has 0 radical (unpaired) electrons. The standard InChI is InChI=1S/C9H21NOS/c1-4-9(7-12-3)10-6-5-8(2)11/h8-11H,4-7H2,1-3H3. The molecular formula is C9H21NOS. The second kappa shape index (κ2) is 7.90. The first kappa shape index (κ1) is 12.3. The van der Waals surface area contributed by atoms with Crippen molar-refractivity contribution in [3.63, 3.8) is 0 Å². The van der Waals surface area contributed by atoms with Gasteiger partial charge in [-0.15, -0.1) is 0 Å². The third-order valence-corrected chi connectivity index (χ3v) is 2.59. The number of aliphatic hydroxyl groups excluding tert-OH is 1. The van der Waals surface area contributed by atoms with Gasteiger partial charge in [0.25, 0.3) is 0 Å². The fourth-order valence-corrected chi connectivity index (χ4v) is 1.77. The van der Waals surface area contributed by atoms with Gasteiger partial charge in [-0.25, -0.2) is 0 Å². The van der Waals surface area contributed by atoms with Crippen molar-refractivity contribution in [2.45, 2.75) is 38.8 Å². The van der Waals surface area contributed by atoms with Crippen molar-refractivity contribution in [2.75, 3.05) is 18.6 Å². The van der Waals surface area contributed by atoms with Crippen LogP contribution in [0.1, 0.15) is 26.7 Å². The van der Waals surface area contributed by atoms with E-state index in [4.69, 9.17) is 5.11 Å². The molecule has 0 aromatic heterocycles. The lowest BCUT2D eigenvalue weighted by molar-refractivity contribution is 0.182. The lowest BCUT2D eigenvalue weighted by atomic mass is 10.2. The van der Waals surface area contributed by atoms with Gasteiger partial charge in [0.1, 0.15) is 0 Å². The lowest BCUT2D eigenvalue weighted by Gasteiger charge is -2.15. The molecule has 0 amide bonds. The molecule has 0 aromatic rings. The molecule has 0 saturated carbocycles. The Morgan fingerprint density at radius 3 is 2.58 bits per heavy atom. The molecule has 0 heterocycles. The van der Waals surface area contributed by atoms with Crippen molar-refractivity contribution >= 4 is 11.8 Å². The average molecular weight is 191 g/mol. The van der Waals surface area contributed by atoms with Crippen LogP contribution in [0, 0.1) is 0 Å². The van der Waals surface area contributed by atoms with E-state index in [1.54, 1.807) is 0 Å². The summed E-state index contributed by atoms with van der Waals surface area (Å²) in [6, 6.07) is 0.610. The van der Waals surface area contributed by atoms with Gasteiger partial charge in [-0.2, -0.15) is 11.8 Å². The molecule has 0 rings (SSSR count). The van der Waals surface area contributed by atoms with Crippen molar-refractivity contribution in [2.24, 2.45) is 0 Å². The second-order valence-corrected chi connectivity index (χ2v) is 4.06. The van der Waals surface area contributed by atoms with Gasteiger partial charge in [-0.05, 0) is 32.6 Å². The summed E-state index contributed by atoms with van der Waals surface area (Å²) in [5.74, 6) is 1.16. The first-order valence-electron chi connectivity index (χ1n) is 4.61. The van der Waals surface area contributed by atoms with Crippen LogP contribution < -0.4 is 5.32 Å². The Hall–Kier alpha value is 0.270. The first-order chi connectivity index (χ1) is 5.70. The van der Waals surface area contributed by atoms with Crippen molar-refractivity contribution in [3.8, 4) is 0 Å². The molecule has 0 aromatic carbocycles. The summed E-state index contributed by atoms with van der Waals surface area (Å²) >= 11 is 1.87. The van der Waals surface area contributed by atoms with E-state index in [0.29, 0.717) is 6.04 Å². The van der Waals surface area contributed by atoms with Crippen LogP contribution in [0.25, 0.3) is 0 Å². The van der Waals surface area contributed by atoms with Gasteiger partial charge in [0, 0.05) is 11.8 Å². The zero-order valence-corrected chi connectivity index (χ0v) is 9.16. The number of rotatable bonds is 7. The van der Waals surface area contributed by atoms with Gasteiger partial charge in [-0.1, -0.05) is 6.92 Å². The Bertz CT molecular complexity index is 98.5. The van der Waals surface area contributed by atoms with Gasteiger partial charge >= 0.3 is 0 Å². The number of thioether (sulfide) groups is 1. The number of hydrogen-bond donors (Lipinski definition) is 2. The average Bonchev–Trinajstić information content (AvgIpc) is 2.02. The van der Waals surface area contributed by atoms with Gasteiger partial charge in [0.15, 0.2) is 0 Å². The molecule has 2 nitrogen and oxygen atoms in total. The highest BCUT2D eigenvalue weighted by molar-refractivity contribution is 7.98. The van der Waals surface area contributed by atoms with E-state index in [1.165, 1.54) is 6.42 Å². The Morgan fingerprint density at radius 2 is 2.17 bits per heavy atom. The molecule has 0 bridgehead atoms. The molecule has 2 atom stereocenters. The zero-order valence-electron chi connectivity index (χ0n) is 8.34. The van der Waals surface area contributed by atoms with Crippen LogP contribution in [0.5, 0.6) is 0 Å². The molecular weight excluding hydrogens is 170 g/mol. The third kappa shape index (κ3) is 6.95. The quantitative estimate of drug-likeness (QED) is 0.639. The molecule has 0 aliphatic carbocycles. The smallest absolute Gasteiger partial charge is 0.0524 e. The summed E-state index contributed by atoms with van der Waals surface area (Å²) in [6.45, 7) is 4.95. The summed E-state index contributed by atoms with van der Waals surface area (Å²) in [4.78, 5) is 0. The molecule has 0 fully saturated rings. The topological polar surface area (TPSA) is 32.3 Å². The van der Waals surface area contributed by atoms with E-state index in [-0.39, 0.29) is 6.10 Å². The third-order valence-electron chi connectivity index (χ3n) is 1.86. The highest BCUT2D eigenvalue weighted by atomic mass is 32.2. The van der Waals surface area contributed by atoms with Crippen LogP contribution in [0.3, 0.4) is 0 Å². The fourth-order valence-electron chi connectivity index (χ4n) is 1.02. The van der Waals surface area contributed by atoms with Crippen molar-refractivity contribution in [1.29, 1.82) is 0 Å². The first-order valence-corrected chi connectivity index (χ1v) is 6.00. The van der Waals surface area contributed by atoms with Crippen LogP contribution in [-0.4, -0.2) is 35.8 Å². The predicted molar refractivity (Wildman–Crippen MR) is 56.8 cm³/mol. The Balaban J connectivity index is 3.31. The Labute approximate surface area is 80.1 Å². The fraction of sp³-hybridized carbons (Fsp3) is 1.00. The molecule has 74 valence electrons. The maximum Gasteiger partial charge on any atom is 0.0524 e. The molecule has 12 heavy (non-hydrogen) atoms. The van der Waals surface area contributed by atoms with Gasteiger partial charge < -0.3 is 10.4 Å². The second-order valence-electron chi connectivity index (χ2n) is 3.15. The zero-order chi connectivity index (χ0) is 9.40. The van der Waals surface area contributed by atoms with Gasteiger partial charge in [-0.3, -0.25) is 0 Å². The van der Waals surface area contributed by atoms with E-state index in [0.717, 1.165) is 18.7 Å². The van der Waals surface area contributed by atoms with Gasteiger partial charge in [0.2, 0.25) is 0 Å². The van der Waals surface area contributed by atoms with Crippen LogP contribution in [0.15, 0.2) is 0 Å². The maximum atomic E-state index is 9.02. The van der Waals surface area contributed by atoms with E-state index in [2.05, 4.69) is 18.5 Å². The SMILES string of the molecule is CCC(CSC)NCCC(C)O.